The first kappa shape index (κ1) is 23.9. The van der Waals surface area contributed by atoms with Crippen LogP contribution >= 0.6 is 0 Å². The van der Waals surface area contributed by atoms with Crippen LogP contribution in [0.5, 0.6) is 0 Å². The summed E-state index contributed by atoms with van der Waals surface area (Å²) in [4.78, 5) is 37.5. The average molecular weight is 465 g/mol. The Morgan fingerprint density at radius 1 is 0.969 bits per heavy atom. The lowest BCUT2D eigenvalue weighted by molar-refractivity contribution is -0.143. The van der Waals surface area contributed by atoms with E-state index in [4.69, 9.17) is 0 Å². The van der Waals surface area contributed by atoms with Crippen LogP contribution in [0.2, 0.25) is 0 Å². The lowest BCUT2D eigenvalue weighted by Crippen LogP contribution is -2.48. The van der Waals surface area contributed by atoms with Crippen LogP contribution in [0.4, 0.5) is 26.3 Å². The van der Waals surface area contributed by atoms with Crippen LogP contribution in [0.25, 0.3) is 0 Å². The fourth-order valence-corrected chi connectivity index (χ4v) is 3.80. The van der Waals surface area contributed by atoms with Gasteiger partial charge in [0.05, 0.1) is 11.1 Å². The summed E-state index contributed by atoms with van der Waals surface area (Å²) in [5.41, 5.74) is -3.83. The number of halogens is 6. The number of piperidine rings is 1. The van der Waals surface area contributed by atoms with E-state index in [0.717, 1.165) is 0 Å². The van der Waals surface area contributed by atoms with Crippen molar-refractivity contribution in [1.29, 1.82) is 0 Å². The van der Waals surface area contributed by atoms with Gasteiger partial charge in [-0.1, -0.05) is 0 Å². The largest absolute Gasteiger partial charge is 0.416 e. The topological polar surface area (TPSA) is 78.5 Å². The molecule has 3 amide bonds. The third-order valence-corrected chi connectivity index (χ3v) is 5.62. The van der Waals surface area contributed by atoms with E-state index in [-0.39, 0.29) is 30.3 Å². The highest BCUT2D eigenvalue weighted by Gasteiger charge is 2.38. The molecule has 0 aromatic heterocycles. The molecule has 2 fully saturated rings. The molecular formula is C20H21F6N3O3. The Morgan fingerprint density at radius 2 is 1.53 bits per heavy atom. The van der Waals surface area contributed by atoms with Gasteiger partial charge >= 0.3 is 12.4 Å². The molecule has 1 unspecified atom stereocenters. The molecule has 1 aromatic rings. The number of rotatable bonds is 4. The number of hydrogen-bond acceptors (Lipinski definition) is 3. The summed E-state index contributed by atoms with van der Waals surface area (Å²) in [6.45, 7) is 0.819. The number of hydrogen-bond donors (Lipinski definition) is 2. The van der Waals surface area contributed by atoms with Gasteiger partial charge in [0.15, 0.2) is 0 Å². The van der Waals surface area contributed by atoms with Gasteiger partial charge in [0.2, 0.25) is 11.8 Å². The van der Waals surface area contributed by atoms with Gasteiger partial charge in [-0.15, -0.1) is 0 Å². The van der Waals surface area contributed by atoms with Crippen LogP contribution in [0.1, 0.15) is 47.2 Å². The first-order chi connectivity index (χ1) is 14.8. The summed E-state index contributed by atoms with van der Waals surface area (Å²) >= 11 is 0. The number of carbonyl (C=O) groups is 3. The molecule has 2 aliphatic heterocycles. The van der Waals surface area contributed by atoms with Crippen LogP contribution in [-0.2, 0) is 21.9 Å². The minimum absolute atomic E-state index is 0.0315. The van der Waals surface area contributed by atoms with Crippen molar-refractivity contribution in [1.82, 2.24) is 15.5 Å². The second kappa shape index (κ2) is 8.99. The summed E-state index contributed by atoms with van der Waals surface area (Å²) in [6, 6.07) is 0.210. The lowest BCUT2D eigenvalue weighted by atomic mass is 9.96. The van der Waals surface area contributed by atoms with E-state index in [9.17, 15) is 40.7 Å². The molecule has 2 heterocycles. The smallest absolute Gasteiger partial charge is 0.352 e. The number of likely N-dealkylation sites (tertiary alicyclic amines) is 1. The van der Waals surface area contributed by atoms with Gasteiger partial charge in [-0.25, -0.2) is 0 Å². The summed E-state index contributed by atoms with van der Waals surface area (Å²) in [5, 5.41) is 5.00. The van der Waals surface area contributed by atoms with Gasteiger partial charge in [-0.05, 0) is 43.4 Å². The summed E-state index contributed by atoms with van der Waals surface area (Å²) < 4.78 is 77.7. The number of carbonyl (C=O) groups excluding carboxylic acids is 3. The monoisotopic (exact) mass is 465 g/mol. The van der Waals surface area contributed by atoms with Crippen molar-refractivity contribution in [2.24, 2.45) is 5.92 Å². The average Bonchev–Trinajstić information content (AvgIpc) is 3.16. The fourth-order valence-electron chi connectivity index (χ4n) is 3.80. The van der Waals surface area contributed by atoms with Gasteiger partial charge in [-0.3, -0.25) is 14.4 Å². The molecule has 0 bridgehead atoms. The van der Waals surface area contributed by atoms with Crippen LogP contribution in [0.3, 0.4) is 0 Å². The predicted molar refractivity (Wildman–Crippen MR) is 99.2 cm³/mol. The molecule has 0 aliphatic carbocycles. The zero-order chi connectivity index (χ0) is 23.7. The minimum Gasteiger partial charge on any atom is -0.352 e. The molecule has 2 saturated heterocycles. The van der Waals surface area contributed by atoms with Crippen molar-refractivity contribution < 1.29 is 40.7 Å². The van der Waals surface area contributed by atoms with Gasteiger partial charge in [0.25, 0.3) is 5.91 Å². The lowest BCUT2D eigenvalue weighted by Gasteiger charge is -2.33. The van der Waals surface area contributed by atoms with E-state index in [1.807, 2.05) is 0 Å². The molecule has 1 aromatic carbocycles. The Labute approximate surface area is 179 Å². The normalized spacial score (nSPS) is 20.2. The number of nitrogens with zero attached hydrogens (tertiary/aromatic N) is 1. The van der Waals surface area contributed by atoms with E-state index < -0.39 is 41.0 Å². The van der Waals surface area contributed by atoms with Crippen LogP contribution < -0.4 is 10.6 Å². The molecule has 1 atom stereocenters. The van der Waals surface area contributed by atoms with Gasteiger partial charge in [0, 0.05) is 31.6 Å². The van der Waals surface area contributed by atoms with E-state index in [1.54, 1.807) is 4.90 Å². The molecule has 0 radical (unpaired) electrons. The molecule has 32 heavy (non-hydrogen) atoms. The summed E-state index contributed by atoms with van der Waals surface area (Å²) in [6.07, 6.45) is -8.33. The highest BCUT2D eigenvalue weighted by atomic mass is 19.4. The first-order valence-corrected chi connectivity index (χ1v) is 10.0. The molecule has 0 spiro atoms. The van der Waals surface area contributed by atoms with E-state index in [0.29, 0.717) is 50.9 Å². The van der Waals surface area contributed by atoms with E-state index in [2.05, 4.69) is 10.6 Å². The Bertz CT molecular complexity index is 859. The zero-order valence-corrected chi connectivity index (χ0v) is 16.8. The number of alkyl halides is 6. The third kappa shape index (κ3) is 5.71. The van der Waals surface area contributed by atoms with Gasteiger partial charge < -0.3 is 15.5 Å². The predicted octanol–water partition coefficient (Wildman–Crippen LogP) is 2.97. The fraction of sp³-hybridized carbons (Fsp3) is 0.550. The molecular weight excluding hydrogens is 444 g/mol. The Morgan fingerprint density at radius 3 is 2.00 bits per heavy atom. The molecule has 12 heteroatoms. The molecule has 6 nitrogen and oxygen atoms in total. The van der Waals surface area contributed by atoms with Crippen LogP contribution in [-0.4, -0.2) is 48.3 Å². The van der Waals surface area contributed by atoms with Crippen molar-refractivity contribution >= 4 is 17.7 Å². The molecule has 2 aliphatic rings. The molecule has 2 N–H and O–H groups in total. The van der Waals surface area contributed by atoms with Crippen molar-refractivity contribution in [3.8, 4) is 0 Å². The first-order valence-electron chi connectivity index (χ1n) is 10.0. The van der Waals surface area contributed by atoms with Crippen LogP contribution in [0.15, 0.2) is 18.2 Å². The maximum Gasteiger partial charge on any atom is 0.416 e. The van der Waals surface area contributed by atoms with Crippen molar-refractivity contribution in [2.75, 3.05) is 19.6 Å². The Balaban J connectivity index is 1.57. The van der Waals surface area contributed by atoms with Crippen molar-refractivity contribution in [3.05, 3.63) is 34.9 Å². The Kier molecular flexibility index (Phi) is 6.70. The molecule has 3 rings (SSSR count). The number of benzene rings is 1. The van der Waals surface area contributed by atoms with Gasteiger partial charge in [-0.2, -0.15) is 26.3 Å². The third-order valence-electron chi connectivity index (χ3n) is 5.62. The Hall–Kier alpha value is -2.79. The highest BCUT2D eigenvalue weighted by Crippen LogP contribution is 2.36. The maximum absolute atomic E-state index is 13.0. The van der Waals surface area contributed by atoms with Gasteiger partial charge in [0.1, 0.15) is 6.04 Å². The maximum atomic E-state index is 13.0. The second-order valence-corrected chi connectivity index (χ2v) is 7.93. The SMILES string of the molecule is O=C1CCC(C(=O)N2CCC(CNC(=O)c3cc(C(F)(F)F)cc(C(F)(F)F)c3)CC2)N1. The minimum atomic E-state index is -5.03. The standard InChI is InChI=1S/C20H21F6N3O3/c21-19(22,23)13-7-12(8-14(9-13)20(24,25)26)17(31)27-10-11-3-5-29(6-4-11)18(32)15-1-2-16(30)28-15/h7-9,11,15H,1-6,10H2,(H,27,31)(H,28,30). The van der Waals surface area contributed by atoms with E-state index in [1.165, 1.54) is 0 Å². The van der Waals surface area contributed by atoms with Crippen LogP contribution in [0, 0.1) is 5.92 Å². The zero-order valence-electron chi connectivity index (χ0n) is 16.8. The quantitative estimate of drug-likeness (QED) is 0.672. The summed E-state index contributed by atoms with van der Waals surface area (Å²) in [7, 11) is 0. The second-order valence-electron chi connectivity index (χ2n) is 7.93. The van der Waals surface area contributed by atoms with Crippen molar-refractivity contribution in [3.63, 3.8) is 0 Å². The number of amides is 3. The van der Waals surface area contributed by atoms with E-state index >= 15 is 0 Å². The molecule has 0 saturated carbocycles. The number of nitrogens with one attached hydrogen (secondary N) is 2. The van der Waals surface area contributed by atoms with Crippen molar-refractivity contribution in [2.45, 2.75) is 44.1 Å². The summed E-state index contributed by atoms with van der Waals surface area (Å²) in [5.74, 6) is -1.48. The molecule has 176 valence electrons. The highest BCUT2D eigenvalue weighted by molar-refractivity contribution is 5.94.